The van der Waals surface area contributed by atoms with E-state index in [0.717, 1.165) is 43.1 Å². The molecule has 0 amide bonds. The standard InChI is InChI=1S/C25H28N3O2P/c29-31(25(22-10-4-1-5-11-22)26-18-20-30-21-19-26)27(23-12-6-2-7-13-23)16-17-28(31)24-14-8-3-9-15-24/h1-15,25H,16-21H2. The van der Waals surface area contributed by atoms with Gasteiger partial charge in [0.2, 0.25) is 0 Å². The van der Waals surface area contributed by atoms with E-state index in [1.165, 1.54) is 0 Å². The zero-order chi connectivity index (χ0) is 21.1. The van der Waals surface area contributed by atoms with Crippen LogP contribution in [0.15, 0.2) is 91.0 Å². The highest BCUT2D eigenvalue weighted by Crippen LogP contribution is 2.69. The lowest BCUT2D eigenvalue weighted by Crippen LogP contribution is -2.42. The Morgan fingerprint density at radius 1 is 0.645 bits per heavy atom. The summed E-state index contributed by atoms with van der Waals surface area (Å²) in [6, 6.07) is 30.8. The largest absolute Gasteiger partial charge is 0.379 e. The minimum absolute atomic E-state index is 0.236. The van der Waals surface area contributed by atoms with E-state index in [-0.39, 0.29) is 5.78 Å². The SMILES string of the molecule is O=P1(C(c2ccccc2)N2CCOCC2)N(c2ccccc2)CCN1c1ccccc1. The average Bonchev–Trinajstić information content (AvgIpc) is 3.19. The maximum absolute atomic E-state index is 15.4. The van der Waals surface area contributed by atoms with Crippen LogP contribution in [0.4, 0.5) is 11.4 Å². The molecule has 3 aromatic carbocycles. The first-order chi connectivity index (χ1) is 15.3. The van der Waals surface area contributed by atoms with Gasteiger partial charge >= 0.3 is 0 Å². The van der Waals surface area contributed by atoms with Crippen LogP contribution in [0.3, 0.4) is 0 Å². The molecule has 6 heteroatoms. The van der Waals surface area contributed by atoms with E-state index in [1.807, 2.05) is 54.6 Å². The van der Waals surface area contributed by atoms with Gasteiger partial charge in [0.05, 0.1) is 13.2 Å². The van der Waals surface area contributed by atoms with Crippen molar-refractivity contribution in [1.82, 2.24) is 4.90 Å². The molecule has 1 atom stereocenters. The van der Waals surface area contributed by atoms with Crippen molar-refractivity contribution in [2.24, 2.45) is 0 Å². The number of hydrogen-bond donors (Lipinski definition) is 0. The number of nitrogens with zero attached hydrogens (tertiary/aromatic N) is 3. The number of rotatable bonds is 5. The molecule has 0 aliphatic carbocycles. The first-order valence-corrected chi connectivity index (χ1v) is 12.6. The van der Waals surface area contributed by atoms with E-state index in [9.17, 15) is 0 Å². The summed E-state index contributed by atoms with van der Waals surface area (Å²) in [6.45, 7) is 4.33. The Balaban J connectivity index is 1.68. The highest BCUT2D eigenvalue weighted by atomic mass is 31.2. The normalized spacial score (nSPS) is 20.0. The molecular weight excluding hydrogens is 405 g/mol. The first kappa shape index (κ1) is 20.3. The third-order valence-electron chi connectivity index (χ3n) is 6.13. The van der Waals surface area contributed by atoms with Crippen molar-refractivity contribution >= 4 is 18.8 Å². The number of anilines is 2. The second kappa shape index (κ2) is 8.88. The van der Waals surface area contributed by atoms with Gasteiger partial charge < -0.3 is 14.1 Å². The Kier molecular flexibility index (Phi) is 5.82. The van der Waals surface area contributed by atoms with Crippen molar-refractivity contribution in [2.75, 3.05) is 48.7 Å². The molecule has 3 aromatic rings. The van der Waals surface area contributed by atoms with Crippen LogP contribution in [0.5, 0.6) is 0 Å². The van der Waals surface area contributed by atoms with Crippen LogP contribution in [0.2, 0.25) is 0 Å². The average molecular weight is 433 g/mol. The Labute approximate surface area is 184 Å². The van der Waals surface area contributed by atoms with Gasteiger partial charge in [0.15, 0.2) is 0 Å². The monoisotopic (exact) mass is 433 g/mol. The van der Waals surface area contributed by atoms with Gasteiger partial charge in [-0.2, -0.15) is 0 Å². The van der Waals surface area contributed by atoms with E-state index in [4.69, 9.17) is 4.74 Å². The van der Waals surface area contributed by atoms with E-state index < -0.39 is 7.44 Å². The predicted molar refractivity (Wildman–Crippen MR) is 127 cm³/mol. The van der Waals surface area contributed by atoms with Crippen LogP contribution in [0.1, 0.15) is 11.3 Å². The molecular formula is C25H28N3O2P. The van der Waals surface area contributed by atoms with Crippen LogP contribution in [0, 0.1) is 0 Å². The quantitative estimate of drug-likeness (QED) is 0.515. The second-order valence-electron chi connectivity index (χ2n) is 7.94. The summed E-state index contributed by atoms with van der Waals surface area (Å²) in [5, 5.41) is 0. The van der Waals surface area contributed by atoms with Gasteiger partial charge in [0.1, 0.15) is 5.78 Å². The molecule has 0 radical (unpaired) electrons. The minimum atomic E-state index is -3.10. The summed E-state index contributed by atoms with van der Waals surface area (Å²) in [5.41, 5.74) is 3.12. The highest BCUT2D eigenvalue weighted by molar-refractivity contribution is 7.67. The lowest BCUT2D eigenvalue weighted by Gasteiger charge is -2.44. The molecule has 0 spiro atoms. The lowest BCUT2D eigenvalue weighted by atomic mass is 10.2. The minimum Gasteiger partial charge on any atom is -0.379 e. The van der Waals surface area contributed by atoms with Crippen molar-refractivity contribution in [2.45, 2.75) is 5.78 Å². The maximum Gasteiger partial charge on any atom is 0.284 e. The summed E-state index contributed by atoms with van der Waals surface area (Å²) < 4.78 is 25.4. The molecule has 2 heterocycles. The van der Waals surface area contributed by atoms with Crippen LogP contribution in [-0.2, 0) is 9.30 Å². The fraction of sp³-hybridized carbons (Fsp3) is 0.280. The fourth-order valence-electron chi connectivity index (χ4n) is 4.72. The Hall–Kier alpha value is -2.59. The van der Waals surface area contributed by atoms with Crippen molar-refractivity contribution in [3.63, 3.8) is 0 Å². The third kappa shape index (κ3) is 3.78. The van der Waals surface area contributed by atoms with E-state index in [1.54, 1.807) is 0 Å². The fourth-order valence-corrected chi connectivity index (χ4v) is 8.41. The second-order valence-corrected chi connectivity index (χ2v) is 10.6. The molecule has 5 rings (SSSR count). The smallest absolute Gasteiger partial charge is 0.284 e. The van der Waals surface area contributed by atoms with Gasteiger partial charge in [0, 0.05) is 37.6 Å². The molecule has 2 aliphatic heterocycles. The highest BCUT2D eigenvalue weighted by Gasteiger charge is 2.52. The van der Waals surface area contributed by atoms with Crippen LogP contribution < -0.4 is 9.34 Å². The summed E-state index contributed by atoms with van der Waals surface area (Å²) >= 11 is 0. The zero-order valence-corrected chi connectivity index (χ0v) is 18.5. The number of benzene rings is 3. The lowest BCUT2D eigenvalue weighted by molar-refractivity contribution is 0.0303. The molecule has 0 aromatic heterocycles. The molecule has 160 valence electrons. The number of hydrogen-bond acceptors (Lipinski definition) is 3. The maximum atomic E-state index is 15.4. The third-order valence-corrected chi connectivity index (χ3v) is 9.64. The van der Waals surface area contributed by atoms with Crippen molar-refractivity contribution in [3.05, 3.63) is 96.6 Å². The van der Waals surface area contributed by atoms with E-state index >= 15 is 4.57 Å². The van der Waals surface area contributed by atoms with Gasteiger partial charge in [-0.15, -0.1) is 0 Å². The summed E-state index contributed by atoms with van der Waals surface area (Å²) in [5.74, 6) is -0.236. The number of ether oxygens (including phenoxy) is 1. The summed E-state index contributed by atoms with van der Waals surface area (Å²) in [7, 11) is -3.10. The molecule has 2 aliphatic rings. The Morgan fingerprint density at radius 3 is 1.58 bits per heavy atom. The van der Waals surface area contributed by atoms with Crippen molar-refractivity contribution in [3.8, 4) is 0 Å². The molecule has 0 N–H and O–H groups in total. The van der Waals surface area contributed by atoms with Crippen LogP contribution in [0.25, 0.3) is 0 Å². The van der Waals surface area contributed by atoms with Gasteiger partial charge in [-0.05, 0) is 29.8 Å². The molecule has 0 saturated carbocycles. The number of para-hydroxylation sites is 2. The number of morpholine rings is 1. The Morgan fingerprint density at radius 2 is 1.10 bits per heavy atom. The van der Waals surface area contributed by atoms with Crippen LogP contribution >= 0.6 is 7.44 Å². The molecule has 2 saturated heterocycles. The molecule has 1 unspecified atom stereocenters. The first-order valence-electron chi connectivity index (χ1n) is 10.9. The topological polar surface area (TPSA) is 36.0 Å². The Bertz CT molecular complexity index is 975. The molecule has 2 fully saturated rings. The predicted octanol–water partition coefficient (Wildman–Crippen LogP) is 5.24. The van der Waals surface area contributed by atoms with E-state index in [0.29, 0.717) is 13.2 Å². The summed E-state index contributed by atoms with van der Waals surface area (Å²) in [6.07, 6.45) is 0. The molecule has 31 heavy (non-hydrogen) atoms. The van der Waals surface area contributed by atoms with Crippen molar-refractivity contribution in [1.29, 1.82) is 0 Å². The molecule has 5 nitrogen and oxygen atoms in total. The zero-order valence-electron chi connectivity index (χ0n) is 17.6. The van der Waals surface area contributed by atoms with Crippen LogP contribution in [-0.4, -0.2) is 44.3 Å². The molecule has 0 bridgehead atoms. The summed E-state index contributed by atoms with van der Waals surface area (Å²) in [4.78, 5) is 2.36. The van der Waals surface area contributed by atoms with Gasteiger partial charge in [-0.25, -0.2) is 0 Å². The van der Waals surface area contributed by atoms with Gasteiger partial charge in [-0.1, -0.05) is 66.7 Å². The van der Waals surface area contributed by atoms with Gasteiger partial charge in [0.25, 0.3) is 7.44 Å². The van der Waals surface area contributed by atoms with Crippen molar-refractivity contribution < 1.29 is 9.30 Å². The van der Waals surface area contributed by atoms with Gasteiger partial charge in [-0.3, -0.25) is 9.46 Å². The van der Waals surface area contributed by atoms with E-state index in [2.05, 4.69) is 50.6 Å².